The SMILES string of the molecule is Nc1nc(-c2ccccc2)c(-c2cccc(F)c2)s1. The van der Waals surface area contributed by atoms with Crippen molar-refractivity contribution < 1.29 is 4.39 Å². The second-order valence-corrected chi connectivity index (χ2v) is 5.14. The highest BCUT2D eigenvalue weighted by Gasteiger charge is 2.13. The van der Waals surface area contributed by atoms with Crippen LogP contribution in [0.3, 0.4) is 0 Å². The van der Waals surface area contributed by atoms with Crippen molar-refractivity contribution in [2.45, 2.75) is 0 Å². The molecule has 0 unspecified atom stereocenters. The highest BCUT2D eigenvalue weighted by atomic mass is 32.1. The Morgan fingerprint density at radius 3 is 2.42 bits per heavy atom. The number of nitrogens with two attached hydrogens (primary N) is 1. The molecule has 0 saturated heterocycles. The van der Waals surface area contributed by atoms with Gasteiger partial charge in [-0.1, -0.05) is 53.8 Å². The molecule has 3 rings (SSSR count). The third-order valence-corrected chi connectivity index (χ3v) is 3.71. The van der Waals surface area contributed by atoms with Gasteiger partial charge in [0.25, 0.3) is 0 Å². The van der Waals surface area contributed by atoms with Gasteiger partial charge in [0.1, 0.15) is 5.82 Å². The van der Waals surface area contributed by atoms with E-state index in [-0.39, 0.29) is 5.82 Å². The Kier molecular flexibility index (Phi) is 3.01. The summed E-state index contributed by atoms with van der Waals surface area (Å²) in [7, 11) is 0. The minimum Gasteiger partial charge on any atom is -0.375 e. The summed E-state index contributed by atoms with van der Waals surface area (Å²) in [5.41, 5.74) is 8.39. The number of nitrogen functional groups attached to an aromatic ring is 1. The van der Waals surface area contributed by atoms with E-state index in [1.54, 1.807) is 6.07 Å². The van der Waals surface area contributed by atoms with Crippen molar-refractivity contribution in [2.75, 3.05) is 5.73 Å². The standard InChI is InChI=1S/C15H11FN2S/c16-12-8-4-7-11(9-12)14-13(18-15(17)19-14)10-5-2-1-3-6-10/h1-9H,(H2,17,18). The van der Waals surface area contributed by atoms with Gasteiger partial charge in [0.2, 0.25) is 0 Å². The lowest BCUT2D eigenvalue weighted by Crippen LogP contribution is -1.84. The fourth-order valence-electron chi connectivity index (χ4n) is 1.95. The van der Waals surface area contributed by atoms with Crippen LogP contribution in [0.2, 0.25) is 0 Å². The summed E-state index contributed by atoms with van der Waals surface area (Å²) in [4.78, 5) is 5.25. The molecule has 0 aliphatic rings. The predicted octanol–water partition coefficient (Wildman–Crippen LogP) is 4.20. The number of hydrogen-bond acceptors (Lipinski definition) is 3. The molecule has 1 aromatic heterocycles. The Hall–Kier alpha value is -2.20. The highest BCUT2D eigenvalue weighted by molar-refractivity contribution is 7.19. The van der Waals surface area contributed by atoms with E-state index in [9.17, 15) is 4.39 Å². The number of hydrogen-bond donors (Lipinski definition) is 1. The van der Waals surface area contributed by atoms with Crippen molar-refractivity contribution in [1.29, 1.82) is 0 Å². The van der Waals surface area contributed by atoms with Crippen molar-refractivity contribution in [3.05, 3.63) is 60.4 Å². The van der Waals surface area contributed by atoms with Gasteiger partial charge in [-0.3, -0.25) is 0 Å². The zero-order chi connectivity index (χ0) is 13.2. The summed E-state index contributed by atoms with van der Waals surface area (Å²) in [6, 6.07) is 16.3. The second-order valence-electron chi connectivity index (χ2n) is 4.11. The number of halogens is 1. The van der Waals surface area contributed by atoms with Crippen LogP contribution in [-0.4, -0.2) is 4.98 Å². The van der Waals surface area contributed by atoms with E-state index in [1.807, 2.05) is 36.4 Å². The van der Waals surface area contributed by atoms with Gasteiger partial charge in [0.05, 0.1) is 10.6 Å². The lowest BCUT2D eigenvalue weighted by Gasteiger charge is -2.02. The minimum atomic E-state index is -0.261. The van der Waals surface area contributed by atoms with Gasteiger partial charge < -0.3 is 5.73 Å². The number of nitrogens with zero attached hydrogens (tertiary/aromatic N) is 1. The summed E-state index contributed by atoms with van der Waals surface area (Å²) in [6.07, 6.45) is 0. The Bertz CT molecular complexity index is 707. The maximum Gasteiger partial charge on any atom is 0.181 e. The second kappa shape index (κ2) is 4.82. The molecule has 0 amide bonds. The molecule has 19 heavy (non-hydrogen) atoms. The molecule has 1 heterocycles. The van der Waals surface area contributed by atoms with Gasteiger partial charge in [-0.2, -0.15) is 0 Å². The monoisotopic (exact) mass is 270 g/mol. The van der Waals surface area contributed by atoms with Crippen molar-refractivity contribution in [3.8, 4) is 21.7 Å². The molecular formula is C15H11FN2S. The van der Waals surface area contributed by atoms with E-state index in [0.717, 1.165) is 21.7 Å². The molecule has 0 spiro atoms. The van der Waals surface area contributed by atoms with E-state index in [2.05, 4.69) is 4.98 Å². The quantitative estimate of drug-likeness (QED) is 0.758. The molecule has 4 heteroatoms. The first-order chi connectivity index (χ1) is 9.24. The van der Waals surface area contributed by atoms with Gasteiger partial charge in [0.15, 0.2) is 5.13 Å². The number of aromatic nitrogens is 1. The van der Waals surface area contributed by atoms with Crippen LogP contribution in [-0.2, 0) is 0 Å². The summed E-state index contributed by atoms with van der Waals surface area (Å²) in [5.74, 6) is -0.261. The van der Waals surface area contributed by atoms with Crippen molar-refractivity contribution in [2.24, 2.45) is 0 Å². The van der Waals surface area contributed by atoms with Crippen LogP contribution in [0.15, 0.2) is 54.6 Å². The minimum absolute atomic E-state index is 0.261. The van der Waals surface area contributed by atoms with Gasteiger partial charge >= 0.3 is 0 Å². The first-order valence-corrected chi connectivity index (χ1v) is 6.63. The van der Waals surface area contributed by atoms with E-state index < -0.39 is 0 Å². The molecule has 2 N–H and O–H groups in total. The maximum atomic E-state index is 13.3. The summed E-state index contributed by atoms with van der Waals surface area (Å²) >= 11 is 1.37. The van der Waals surface area contributed by atoms with Gasteiger partial charge in [-0.25, -0.2) is 9.37 Å². The fourth-order valence-corrected chi connectivity index (χ4v) is 2.80. The molecule has 0 aliphatic heterocycles. The van der Waals surface area contributed by atoms with Gasteiger partial charge in [-0.15, -0.1) is 0 Å². The third-order valence-electron chi connectivity index (χ3n) is 2.78. The number of rotatable bonds is 2. The van der Waals surface area contributed by atoms with Crippen molar-refractivity contribution >= 4 is 16.5 Å². The number of thiazole rings is 1. The smallest absolute Gasteiger partial charge is 0.181 e. The first-order valence-electron chi connectivity index (χ1n) is 5.82. The average molecular weight is 270 g/mol. The molecule has 3 aromatic rings. The fraction of sp³-hybridized carbons (Fsp3) is 0. The van der Waals surface area contributed by atoms with Crippen LogP contribution in [0.1, 0.15) is 0 Å². The maximum absolute atomic E-state index is 13.3. The molecule has 94 valence electrons. The van der Waals surface area contributed by atoms with Crippen LogP contribution >= 0.6 is 11.3 Å². The topological polar surface area (TPSA) is 38.9 Å². The van der Waals surface area contributed by atoms with Crippen LogP contribution in [0, 0.1) is 5.82 Å². The van der Waals surface area contributed by atoms with E-state index in [1.165, 1.54) is 23.5 Å². The Labute approximate surface area is 114 Å². The lowest BCUT2D eigenvalue weighted by atomic mass is 10.1. The third kappa shape index (κ3) is 2.35. The lowest BCUT2D eigenvalue weighted by molar-refractivity contribution is 0.628. The number of benzene rings is 2. The van der Waals surface area contributed by atoms with Crippen LogP contribution in [0.25, 0.3) is 21.7 Å². The van der Waals surface area contributed by atoms with Crippen LogP contribution < -0.4 is 5.73 Å². The molecule has 0 atom stereocenters. The van der Waals surface area contributed by atoms with Crippen LogP contribution in [0.4, 0.5) is 9.52 Å². The van der Waals surface area contributed by atoms with Crippen molar-refractivity contribution in [3.63, 3.8) is 0 Å². The first kappa shape index (κ1) is 11.9. The Morgan fingerprint density at radius 2 is 1.68 bits per heavy atom. The predicted molar refractivity (Wildman–Crippen MR) is 77.4 cm³/mol. The normalized spacial score (nSPS) is 10.6. The molecule has 2 nitrogen and oxygen atoms in total. The van der Waals surface area contributed by atoms with E-state index in [0.29, 0.717) is 5.13 Å². The summed E-state index contributed by atoms with van der Waals surface area (Å²) in [6.45, 7) is 0. The molecule has 0 fully saturated rings. The molecule has 0 saturated carbocycles. The molecule has 0 bridgehead atoms. The van der Waals surface area contributed by atoms with Crippen molar-refractivity contribution in [1.82, 2.24) is 4.98 Å². The molecule has 0 radical (unpaired) electrons. The zero-order valence-corrected chi connectivity index (χ0v) is 10.8. The number of anilines is 1. The van der Waals surface area contributed by atoms with E-state index >= 15 is 0 Å². The largest absolute Gasteiger partial charge is 0.375 e. The average Bonchev–Trinajstić information content (AvgIpc) is 2.82. The highest BCUT2D eigenvalue weighted by Crippen LogP contribution is 2.37. The summed E-state index contributed by atoms with van der Waals surface area (Å²) < 4.78 is 13.3. The van der Waals surface area contributed by atoms with E-state index in [4.69, 9.17) is 5.73 Å². The Morgan fingerprint density at radius 1 is 0.947 bits per heavy atom. The van der Waals surface area contributed by atoms with Crippen LogP contribution in [0.5, 0.6) is 0 Å². The molecule has 0 aliphatic carbocycles. The zero-order valence-electron chi connectivity index (χ0n) is 10.0. The molecular weight excluding hydrogens is 259 g/mol. The molecule has 2 aromatic carbocycles. The summed E-state index contributed by atoms with van der Waals surface area (Å²) in [5, 5.41) is 0.484. The van der Waals surface area contributed by atoms with Gasteiger partial charge in [-0.05, 0) is 17.7 Å². The van der Waals surface area contributed by atoms with Gasteiger partial charge in [0, 0.05) is 5.56 Å². The Balaban J connectivity index is 2.18.